The van der Waals surface area contributed by atoms with Gasteiger partial charge in [-0.1, -0.05) is 6.07 Å². The summed E-state index contributed by atoms with van der Waals surface area (Å²) in [5.41, 5.74) is 1.44. The molecular formula is C20H21FN4O2. The van der Waals surface area contributed by atoms with Gasteiger partial charge in [-0.2, -0.15) is 0 Å². The van der Waals surface area contributed by atoms with Gasteiger partial charge in [0.25, 0.3) is 0 Å². The Morgan fingerprint density at radius 2 is 1.85 bits per heavy atom. The summed E-state index contributed by atoms with van der Waals surface area (Å²) < 4.78 is 12.9. The molecule has 6 nitrogen and oxygen atoms in total. The predicted octanol–water partition coefficient (Wildman–Crippen LogP) is 2.02. The van der Waals surface area contributed by atoms with Crippen LogP contribution >= 0.6 is 0 Å². The normalized spacial score (nSPS) is 15.1. The van der Waals surface area contributed by atoms with E-state index in [1.54, 1.807) is 29.4 Å². The van der Waals surface area contributed by atoms with Gasteiger partial charge in [0.2, 0.25) is 11.8 Å². The van der Waals surface area contributed by atoms with Crippen molar-refractivity contribution in [2.75, 3.05) is 38.0 Å². The number of anilines is 1. The van der Waals surface area contributed by atoms with Gasteiger partial charge in [0, 0.05) is 50.3 Å². The van der Waals surface area contributed by atoms with Crippen molar-refractivity contribution in [1.82, 2.24) is 14.8 Å². The molecule has 27 heavy (non-hydrogen) atoms. The van der Waals surface area contributed by atoms with Crippen LogP contribution in [0.1, 0.15) is 5.56 Å². The second-order valence-corrected chi connectivity index (χ2v) is 6.28. The number of nitrogens with zero attached hydrogens (tertiary/aromatic N) is 3. The first kappa shape index (κ1) is 18.7. The molecule has 2 heterocycles. The van der Waals surface area contributed by atoms with Gasteiger partial charge in [-0.15, -0.1) is 0 Å². The molecule has 0 radical (unpaired) electrons. The molecule has 1 aliphatic heterocycles. The second kappa shape index (κ2) is 9.05. The van der Waals surface area contributed by atoms with E-state index in [0.29, 0.717) is 31.9 Å². The van der Waals surface area contributed by atoms with Crippen molar-refractivity contribution >= 4 is 23.6 Å². The van der Waals surface area contributed by atoms with Crippen LogP contribution in [-0.2, 0) is 9.59 Å². The van der Waals surface area contributed by atoms with Crippen LogP contribution in [0.25, 0.3) is 6.08 Å². The quantitative estimate of drug-likeness (QED) is 0.820. The minimum atomic E-state index is -0.341. The van der Waals surface area contributed by atoms with E-state index < -0.39 is 0 Å². The lowest BCUT2D eigenvalue weighted by atomic mass is 10.2. The fourth-order valence-corrected chi connectivity index (χ4v) is 2.81. The number of hydrogen-bond donors (Lipinski definition) is 1. The minimum Gasteiger partial charge on any atom is -0.337 e. The Labute approximate surface area is 157 Å². The van der Waals surface area contributed by atoms with Crippen LogP contribution in [0, 0.1) is 5.82 Å². The minimum absolute atomic E-state index is 0.0470. The molecule has 0 unspecified atom stereocenters. The number of hydrogen-bond acceptors (Lipinski definition) is 4. The molecule has 0 bridgehead atoms. The molecule has 7 heteroatoms. The Morgan fingerprint density at radius 1 is 1.11 bits per heavy atom. The zero-order chi connectivity index (χ0) is 19.1. The molecule has 1 aliphatic rings. The van der Waals surface area contributed by atoms with Gasteiger partial charge in [-0.25, -0.2) is 4.39 Å². The fraction of sp³-hybridized carbons (Fsp3) is 0.250. The second-order valence-electron chi connectivity index (χ2n) is 6.28. The van der Waals surface area contributed by atoms with Crippen molar-refractivity contribution in [2.45, 2.75) is 0 Å². The summed E-state index contributed by atoms with van der Waals surface area (Å²) in [7, 11) is 0. The number of nitrogens with one attached hydrogen (secondary N) is 1. The van der Waals surface area contributed by atoms with Gasteiger partial charge in [-0.05, 0) is 42.0 Å². The number of rotatable bonds is 5. The molecule has 140 valence electrons. The standard InChI is InChI=1S/C20H21FN4O2/c21-17-4-6-18(7-5-17)23-19(26)15-24-10-12-25(13-11-24)20(27)8-3-16-2-1-9-22-14-16/h1-9,14H,10-13,15H2,(H,23,26)/b8-3+. The number of amides is 2. The summed E-state index contributed by atoms with van der Waals surface area (Å²) in [5, 5.41) is 2.74. The van der Waals surface area contributed by atoms with Gasteiger partial charge >= 0.3 is 0 Å². The van der Waals surface area contributed by atoms with E-state index in [9.17, 15) is 14.0 Å². The number of piperazine rings is 1. The zero-order valence-corrected chi connectivity index (χ0v) is 14.8. The highest BCUT2D eigenvalue weighted by Gasteiger charge is 2.21. The smallest absolute Gasteiger partial charge is 0.246 e. The lowest BCUT2D eigenvalue weighted by Gasteiger charge is -2.33. The maximum atomic E-state index is 12.9. The molecule has 2 aromatic rings. The number of halogens is 1. The van der Waals surface area contributed by atoms with Crippen LogP contribution in [0.3, 0.4) is 0 Å². The van der Waals surface area contributed by atoms with E-state index in [1.807, 2.05) is 17.0 Å². The molecule has 1 aromatic carbocycles. The SMILES string of the molecule is O=C(CN1CCN(C(=O)/C=C/c2cccnc2)CC1)Nc1ccc(F)cc1. The molecule has 1 saturated heterocycles. The molecule has 0 saturated carbocycles. The first-order valence-electron chi connectivity index (χ1n) is 8.75. The Bertz CT molecular complexity index is 800. The first-order chi connectivity index (χ1) is 13.1. The third-order valence-corrected chi connectivity index (χ3v) is 4.28. The third-order valence-electron chi connectivity index (χ3n) is 4.28. The van der Waals surface area contributed by atoms with E-state index >= 15 is 0 Å². The maximum Gasteiger partial charge on any atom is 0.246 e. The van der Waals surface area contributed by atoms with Crippen molar-refractivity contribution in [1.29, 1.82) is 0 Å². The highest BCUT2D eigenvalue weighted by Crippen LogP contribution is 2.09. The topological polar surface area (TPSA) is 65.5 Å². The molecule has 3 rings (SSSR count). The average molecular weight is 368 g/mol. The van der Waals surface area contributed by atoms with Gasteiger partial charge < -0.3 is 10.2 Å². The van der Waals surface area contributed by atoms with Crippen LogP contribution in [0.15, 0.2) is 54.9 Å². The number of carbonyl (C=O) groups excluding carboxylic acids is 2. The average Bonchev–Trinajstić information content (AvgIpc) is 2.69. The third kappa shape index (κ3) is 5.72. The Hall–Kier alpha value is -3.06. The molecular weight excluding hydrogens is 347 g/mol. The lowest BCUT2D eigenvalue weighted by molar-refractivity contribution is -0.127. The summed E-state index contributed by atoms with van der Waals surface area (Å²) >= 11 is 0. The van der Waals surface area contributed by atoms with Gasteiger partial charge in [-0.3, -0.25) is 19.5 Å². The van der Waals surface area contributed by atoms with E-state index in [0.717, 1.165) is 5.56 Å². The van der Waals surface area contributed by atoms with Crippen molar-refractivity contribution in [3.8, 4) is 0 Å². The summed E-state index contributed by atoms with van der Waals surface area (Å²) in [6, 6.07) is 9.36. The van der Waals surface area contributed by atoms with Gasteiger partial charge in [0.1, 0.15) is 5.82 Å². The lowest BCUT2D eigenvalue weighted by Crippen LogP contribution is -2.50. The molecule has 0 atom stereocenters. The number of benzene rings is 1. The maximum absolute atomic E-state index is 12.9. The predicted molar refractivity (Wildman–Crippen MR) is 101 cm³/mol. The molecule has 1 N–H and O–H groups in total. The van der Waals surface area contributed by atoms with E-state index in [2.05, 4.69) is 10.3 Å². The number of carbonyl (C=O) groups is 2. The Morgan fingerprint density at radius 3 is 2.52 bits per heavy atom. The van der Waals surface area contributed by atoms with Crippen LogP contribution in [0.4, 0.5) is 10.1 Å². The Balaban J connectivity index is 1.43. The van der Waals surface area contributed by atoms with Crippen LogP contribution < -0.4 is 5.32 Å². The largest absolute Gasteiger partial charge is 0.337 e. The van der Waals surface area contributed by atoms with Crippen LogP contribution in [0.5, 0.6) is 0 Å². The summed E-state index contributed by atoms with van der Waals surface area (Å²) in [6.45, 7) is 2.64. The van der Waals surface area contributed by atoms with Crippen molar-refractivity contribution in [2.24, 2.45) is 0 Å². The molecule has 2 amide bonds. The van der Waals surface area contributed by atoms with Crippen molar-refractivity contribution < 1.29 is 14.0 Å². The molecule has 1 aromatic heterocycles. The van der Waals surface area contributed by atoms with Gasteiger partial charge in [0.15, 0.2) is 0 Å². The van der Waals surface area contributed by atoms with Crippen molar-refractivity contribution in [3.05, 3.63) is 66.2 Å². The molecule has 1 fully saturated rings. The fourth-order valence-electron chi connectivity index (χ4n) is 2.81. The van der Waals surface area contributed by atoms with Crippen molar-refractivity contribution in [3.63, 3.8) is 0 Å². The van der Waals surface area contributed by atoms with Gasteiger partial charge in [0.05, 0.1) is 6.54 Å². The van der Waals surface area contributed by atoms with E-state index in [1.165, 1.54) is 24.3 Å². The monoisotopic (exact) mass is 368 g/mol. The highest BCUT2D eigenvalue weighted by atomic mass is 19.1. The summed E-state index contributed by atoms with van der Waals surface area (Å²) in [5.74, 6) is -0.543. The number of pyridine rings is 1. The van der Waals surface area contributed by atoms with Crippen LogP contribution in [-0.4, -0.2) is 59.3 Å². The Kier molecular flexibility index (Phi) is 6.27. The zero-order valence-electron chi connectivity index (χ0n) is 14.8. The first-order valence-corrected chi connectivity index (χ1v) is 8.75. The highest BCUT2D eigenvalue weighted by molar-refractivity contribution is 5.93. The van der Waals surface area contributed by atoms with Crippen LogP contribution in [0.2, 0.25) is 0 Å². The summed E-state index contributed by atoms with van der Waals surface area (Å²) in [6.07, 6.45) is 6.68. The van der Waals surface area contributed by atoms with E-state index in [-0.39, 0.29) is 24.2 Å². The molecule has 0 aliphatic carbocycles. The molecule has 0 spiro atoms. The summed E-state index contributed by atoms with van der Waals surface area (Å²) in [4.78, 5) is 32.1. The van der Waals surface area contributed by atoms with E-state index in [4.69, 9.17) is 0 Å². The number of aromatic nitrogens is 1.